The van der Waals surface area contributed by atoms with E-state index in [1.165, 1.54) is 10.6 Å². The molecule has 5 nitrogen and oxygen atoms in total. The summed E-state index contributed by atoms with van der Waals surface area (Å²) < 4.78 is 1.53. The molecule has 94 valence electrons. The second-order valence-corrected chi connectivity index (χ2v) is 3.77. The van der Waals surface area contributed by atoms with E-state index in [1.54, 1.807) is 12.3 Å². The maximum absolute atomic E-state index is 11.5. The van der Waals surface area contributed by atoms with Crippen LogP contribution in [0.15, 0.2) is 23.1 Å². The summed E-state index contributed by atoms with van der Waals surface area (Å²) in [7, 11) is 0. The number of aryl methyl sites for hydroxylation is 1. The van der Waals surface area contributed by atoms with Crippen molar-refractivity contribution in [2.24, 2.45) is 0 Å². The number of carbonyl (C=O) groups is 1. The largest absolute Gasteiger partial charge is 0.396 e. The molecule has 1 amide bonds. The van der Waals surface area contributed by atoms with Crippen LogP contribution >= 0.6 is 0 Å². The minimum atomic E-state index is -0.0975. The van der Waals surface area contributed by atoms with Gasteiger partial charge in [0.25, 0.3) is 5.56 Å². The molecule has 0 fully saturated rings. The molecule has 0 radical (unpaired) electrons. The van der Waals surface area contributed by atoms with Crippen molar-refractivity contribution < 1.29 is 9.90 Å². The third-order valence-corrected chi connectivity index (χ3v) is 2.42. The smallest absolute Gasteiger partial charge is 0.250 e. The number of hydrogen-bond acceptors (Lipinski definition) is 3. The molecule has 0 aliphatic carbocycles. The van der Waals surface area contributed by atoms with Crippen molar-refractivity contribution in [3.05, 3.63) is 28.7 Å². The summed E-state index contributed by atoms with van der Waals surface area (Å²) in [5, 5.41) is 11.3. The zero-order valence-electron chi connectivity index (χ0n) is 9.98. The zero-order valence-corrected chi connectivity index (χ0v) is 9.98. The number of anilines is 1. The van der Waals surface area contributed by atoms with Gasteiger partial charge in [-0.3, -0.25) is 9.59 Å². The van der Waals surface area contributed by atoms with E-state index in [4.69, 9.17) is 5.11 Å². The third kappa shape index (κ3) is 4.40. The summed E-state index contributed by atoms with van der Waals surface area (Å²) in [5.74, 6) is -0.0975. The quantitative estimate of drug-likeness (QED) is 0.725. The Morgan fingerprint density at radius 3 is 2.82 bits per heavy atom. The van der Waals surface area contributed by atoms with E-state index in [2.05, 4.69) is 5.32 Å². The van der Waals surface area contributed by atoms with E-state index in [0.717, 1.165) is 0 Å². The monoisotopic (exact) mass is 238 g/mol. The van der Waals surface area contributed by atoms with Gasteiger partial charge < -0.3 is 15.0 Å². The van der Waals surface area contributed by atoms with Gasteiger partial charge in [0.05, 0.1) is 5.69 Å². The van der Waals surface area contributed by atoms with Crippen LogP contribution in [0.3, 0.4) is 0 Å². The lowest BCUT2D eigenvalue weighted by Crippen LogP contribution is -2.19. The van der Waals surface area contributed by atoms with E-state index in [-0.39, 0.29) is 18.1 Å². The first-order valence-electron chi connectivity index (χ1n) is 5.78. The van der Waals surface area contributed by atoms with Crippen molar-refractivity contribution >= 4 is 11.6 Å². The van der Waals surface area contributed by atoms with Crippen molar-refractivity contribution in [2.75, 3.05) is 11.9 Å². The van der Waals surface area contributed by atoms with Crippen molar-refractivity contribution in [1.29, 1.82) is 0 Å². The summed E-state index contributed by atoms with van der Waals surface area (Å²) in [5.41, 5.74) is 0.547. The highest BCUT2D eigenvalue weighted by Gasteiger charge is 2.03. The molecule has 0 aliphatic heterocycles. The van der Waals surface area contributed by atoms with Crippen LogP contribution in [0.2, 0.25) is 0 Å². The average Bonchev–Trinajstić information content (AvgIpc) is 2.32. The van der Waals surface area contributed by atoms with Crippen LogP contribution in [0.25, 0.3) is 0 Å². The van der Waals surface area contributed by atoms with E-state index in [9.17, 15) is 9.59 Å². The summed E-state index contributed by atoms with van der Waals surface area (Å²) in [6.07, 6.45) is 3.30. The number of pyridine rings is 1. The van der Waals surface area contributed by atoms with E-state index in [1.807, 2.05) is 6.92 Å². The van der Waals surface area contributed by atoms with Crippen molar-refractivity contribution in [3.8, 4) is 0 Å². The molecule has 0 atom stereocenters. The second kappa shape index (κ2) is 6.85. The molecule has 5 heteroatoms. The first-order valence-corrected chi connectivity index (χ1v) is 5.78. The molecule has 0 bridgehead atoms. The number of unbranched alkanes of at least 4 members (excludes halogenated alkanes) is 1. The normalized spacial score (nSPS) is 10.2. The van der Waals surface area contributed by atoms with Crippen LogP contribution in [0, 0.1) is 0 Å². The van der Waals surface area contributed by atoms with E-state index in [0.29, 0.717) is 31.5 Å². The van der Waals surface area contributed by atoms with Crippen molar-refractivity contribution in [3.63, 3.8) is 0 Å². The van der Waals surface area contributed by atoms with Crippen molar-refractivity contribution in [2.45, 2.75) is 32.7 Å². The Morgan fingerprint density at radius 2 is 2.18 bits per heavy atom. The van der Waals surface area contributed by atoms with Gasteiger partial charge in [-0.1, -0.05) is 0 Å². The highest BCUT2D eigenvalue weighted by atomic mass is 16.3. The summed E-state index contributed by atoms with van der Waals surface area (Å²) >= 11 is 0. The van der Waals surface area contributed by atoms with Gasteiger partial charge in [-0.2, -0.15) is 0 Å². The van der Waals surface area contributed by atoms with Gasteiger partial charge in [-0.25, -0.2) is 0 Å². The minimum Gasteiger partial charge on any atom is -0.396 e. The lowest BCUT2D eigenvalue weighted by atomic mass is 10.2. The SMILES string of the molecule is CCn1cc(NC(=O)CCCCO)ccc1=O. The molecule has 2 N–H and O–H groups in total. The fourth-order valence-corrected chi connectivity index (χ4v) is 1.47. The predicted octanol–water partition coefficient (Wildman–Crippen LogP) is 0.969. The number of nitrogens with one attached hydrogen (secondary N) is 1. The topological polar surface area (TPSA) is 71.3 Å². The zero-order chi connectivity index (χ0) is 12.7. The number of aliphatic hydroxyl groups excluding tert-OH is 1. The maximum Gasteiger partial charge on any atom is 0.250 e. The Kier molecular flexibility index (Phi) is 5.42. The number of amides is 1. The van der Waals surface area contributed by atoms with Gasteiger partial charge in [0.2, 0.25) is 5.91 Å². The first kappa shape index (κ1) is 13.4. The molecule has 0 saturated heterocycles. The minimum absolute atomic E-state index is 0.0780. The van der Waals surface area contributed by atoms with Crippen LogP contribution < -0.4 is 10.9 Å². The Bertz CT molecular complexity index is 426. The lowest BCUT2D eigenvalue weighted by Gasteiger charge is -2.07. The fourth-order valence-electron chi connectivity index (χ4n) is 1.47. The molecule has 1 heterocycles. The van der Waals surface area contributed by atoms with Crippen LogP contribution in [0.4, 0.5) is 5.69 Å². The molecule has 1 rings (SSSR count). The molecular weight excluding hydrogens is 220 g/mol. The van der Waals surface area contributed by atoms with Crippen LogP contribution in [-0.2, 0) is 11.3 Å². The molecular formula is C12H18N2O3. The average molecular weight is 238 g/mol. The number of rotatable bonds is 6. The number of hydrogen-bond donors (Lipinski definition) is 2. The van der Waals surface area contributed by atoms with Crippen LogP contribution in [-0.4, -0.2) is 22.2 Å². The van der Waals surface area contributed by atoms with Gasteiger partial charge >= 0.3 is 0 Å². The van der Waals surface area contributed by atoms with E-state index < -0.39 is 0 Å². The summed E-state index contributed by atoms with van der Waals surface area (Å²) in [6, 6.07) is 3.03. The number of carbonyl (C=O) groups excluding carboxylic acids is 1. The maximum atomic E-state index is 11.5. The Morgan fingerprint density at radius 1 is 1.41 bits per heavy atom. The molecule has 0 aromatic carbocycles. The Hall–Kier alpha value is -1.62. The second-order valence-electron chi connectivity index (χ2n) is 3.77. The Labute approximate surface area is 100 Å². The Balaban J connectivity index is 2.56. The lowest BCUT2D eigenvalue weighted by molar-refractivity contribution is -0.116. The third-order valence-electron chi connectivity index (χ3n) is 2.42. The van der Waals surface area contributed by atoms with Gasteiger partial charge in [-0.15, -0.1) is 0 Å². The fraction of sp³-hybridized carbons (Fsp3) is 0.500. The first-order chi connectivity index (χ1) is 8.17. The number of aliphatic hydroxyl groups is 1. The molecule has 0 saturated carbocycles. The standard InChI is InChI=1S/C12H18N2O3/c1-2-14-9-10(6-7-12(14)17)13-11(16)5-3-4-8-15/h6-7,9,15H,2-5,8H2,1H3,(H,13,16). The van der Waals surface area contributed by atoms with Crippen molar-refractivity contribution in [1.82, 2.24) is 4.57 Å². The molecule has 17 heavy (non-hydrogen) atoms. The van der Waals surface area contributed by atoms with E-state index >= 15 is 0 Å². The summed E-state index contributed by atoms with van der Waals surface area (Å²) in [4.78, 5) is 22.8. The highest BCUT2D eigenvalue weighted by molar-refractivity contribution is 5.90. The molecule has 0 aliphatic rings. The molecule has 0 spiro atoms. The van der Waals surface area contributed by atoms with Gasteiger partial charge in [0.15, 0.2) is 0 Å². The highest BCUT2D eigenvalue weighted by Crippen LogP contribution is 2.05. The van der Waals surface area contributed by atoms with Crippen LogP contribution in [0.5, 0.6) is 0 Å². The molecule has 1 aromatic heterocycles. The summed E-state index contributed by atoms with van der Waals surface area (Å²) in [6.45, 7) is 2.55. The van der Waals surface area contributed by atoms with Gasteiger partial charge in [0, 0.05) is 31.8 Å². The number of aromatic nitrogens is 1. The predicted molar refractivity (Wildman–Crippen MR) is 65.9 cm³/mol. The van der Waals surface area contributed by atoms with Gasteiger partial charge in [-0.05, 0) is 25.8 Å². The molecule has 0 unspecified atom stereocenters. The molecule has 1 aromatic rings. The van der Waals surface area contributed by atoms with Crippen LogP contribution in [0.1, 0.15) is 26.2 Å². The van der Waals surface area contributed by atoms with Gasteiger partial charge in [0.1, 0.15) is 0 Å². The number of nitrogens with zero attached hydrogens (tertiary/aromatic N) is 1.